The molecule has 0 unspecified atom stereocenters. The molecule has 1 aliphatic rings. The van der Waals surface area contributed by atoms with Crippen molar-refractivity contribution >= 4 is 11.6 Å². The Hall–Kier alpha value is -2.56. The molecular formula is C23H30N2O3. The predicted molar refractivity (Wildman–Crippen MR) is 111 cm³/mol. The van der Waals surface area contributed by atoms with Gasteiger partial charge in [0, 0.05) is 12.0 Å². The molecule has 1 heterocycles. The number of carbonyl (C=O) groups excluding carboxylic acids is 1. The number of nitrogens with zero attached hydrogens (tertiary/aromatic N) is 1. The maximum atomic E-state index is 12.6. The van der Waals surface area contributed by atoms with Gasteiger partial charge in [0.05, 0.1) is 19.0 Å². The minimum absolute atomic E-state index is 0.106. The molecule has 5 heteroatoms. The molecule has 0 atom stereocenters. The summed E-state index contributed by atoms with van der Waals surface area (Å²) >= 11 is 0. The average molecular weight is 383 g/mol. The molecule has 28 heavy (non-hydrogen) atoms. The molecule has 1 fully saturated rings. The summed E-state index contributed by atoms with van der Waals surface area (Å²) in [6, 6.07) is 11.0. The number of amides is 1. The number of nitrogens with one attached hydrogen (secondary N) is 1. The number of hydrogen-bond donors (Lipinski definition) is 1. The van der Waals surface area contributed by atoms with Gasteiger partial charge >= 0.3 is 0 Å². The fraction of sp³-hybridized carbons (Fsp3) is 0.478. The van der Waals surface area contributed by atoms with Gasteiger partial charge in [-0.3, -0.25) is 4.79 Å². The molecule has 1 N–H and O–H groups in total. The smallest absolute Gasteiger partial charge is 0.227 e. The molecule has 1 aromatic carbocycles. The molecule has 5 nitrogen and oxygen atoms in total. The number of benzene rings is 1. The van der Waals surface area contributed by atoms with Gasteiger partial charge in [0.1, 0.15) is 0 Å². The first-order valence-electron chi connectivity index (χ1n) is 10.3. The van der Waals surface area contributed by atoms with Gasteiger partial charge in [0.15, 0.2) is 11.5 Å². The molecule has 2 aromatic rings. The molecule has 1 aromatic heterocycles. The number of ether oxygens (including phenoxy) is 2. The topological polar surface area (TPSA) is 60.5 Å². The quantitative estimate of drug-likeness (QED) is 0.625. The van der Waals surface area contributed by atoms with Crippen LogP contribution < -0.4 is 14.8 Å². The van der Waals surface area contributed by atoms with Crippen molar-refractivity contribution in [3.05, 3.63) is 42.6 Å². The van der Waals surface area contributed by atoms with Gasteiger partial charge in [-0.1, -0.05) is 38.3 Å². The van der Waals surface area contributed by atoms with Crippen LogP contribution in [0.2, 0.25) is 0 Å². The molecule has 0 spiro atoms. The van der Waals surface area contributed by atoms with E-state index in [4.69, 9.17) is 9.47 Å². The van der Waals surface area contributed by atoms with Crippen LogP contribution >= 0.6 is 0 Å². The third-order valence-corrected chi connectivity index (χ3v) is 5.47. The van der Waals surface area contributed by atoms with E-state index in [9.17, 15) is 4.79 Å². The van der Waals surface area contributed by atoms with E-state index in [1.165, 1.54) is 32.1 Å². The van der Waals surface area contributed by atoms with E-state index in [0.29, 0.717) is 23.1 Å². The lowest BCUT2D eigenvalue weighted by molar-refractivity contribution is -0.121. The number of methoxy groups -OCH3 is 1. The highest BCUT2D eigenvalue weighted by Gasteiger charge is 2.26. The van der Waals surface area contributed by atoms with Crippen molar-refractivity contribution in [2.45, 2.75) is 51.9 Å². The largest absolute Gasteiger partial charge is 0.493 e. The lowest BCUT2D eigenvalue weighted by Crippen LogP contribution is -2.27. The molecule has 1 saturated carbocycles. The molecule has 0 saturated heterocycles. The zero-order chi connectivity index (χ0) is 19.8. The summed E-state index contributed by atoms with van der Waals surface area (Å²) in [7, 11) is 1.60. The summed E-state index contributed by atoms with van der Waals surface area (Å²) in [5.41, 5.74) is 0.700. The van der Waals surface area contributed by atoms with Crippen LogP contribution in [-0.4, -0.2) is 18.0 Å². The lowest BCUT2D eigenvalue weighted by atomic mass is 9.79. The van der Waals surface area contributed by atoms with E-state index >= 15 is 0 Å². The Morgan fingerprint density at radius 3 is 2.50 bits per heavy atom. The fourth-order valence-electron chi connectivity index (χ4n) is 3.78. The molecular weight excluding hydrogens is 352 g/mol. The number of aromatic nitrogens is 1. The summed E-state index contributed by atoms with van der Waals surface area (Å²) < 4.78 is 11.1. The number of pyridine rings is 1. The summed E-state index contributed by atoms with van der Waals surface area (Å²) in [4.78, 5) is 16.9. The minimum Gasteiger partial charge on any atom is -0.493 e. The first-order chi connectivity index (χ1) is 13.7. The second-order valence-electron chi connectivity index (χ2n) is 7.49. The molecule has 150 valence electrons. The van der Waals surface area contributed by atoms with E-state index in [2.05, 4.69) is 17.2 Å². The highest BCUT2D eigenvalue weighted by molar-refractivity contribution is 5.92. The number of anilines is 1. The van der Waals surface area contributed by atoms with Crippen LogP contribution in [0.4, 0.5) is 5.69 Å². The van der Waals surface area contributed by atoms with E-state index in [0.717, 1.165) is 18.8 Å². The van der Waals surface area contributed by atoms with Crippen molar-refractivity contribution in [3.8, 4) is 17.4 Å². The van der Waals surface area contributed by atoms with Crippen molar-refractivity contribution < 1.29 is 14.3 Å². The summed E-state index contributed by atoms with van der Waals surface area (Å²) in [5.74, 6) is 2.73. The van der Waals surface area contributed by atoms with Crippen molar-refractivity contribution in [2.75, 3.05) is 12.4 Å². The summed E-state index contributed by atoms with van der Waals surface area (Å²) in [6.45, 7) is 2.24. The minimum atomic E-state index is 0.106. The van der Waals surface area contributed by atoms with Crippen molar-refractivity contribution in [3.63, 3.8) is 0 Å². The van der Waals surface area contributed by atoms with Crippen LogP contribution in [0.15, 0.2) is 42.6 Å². The Balaban J connectivity index is 1.51. The molecule has 0 bridgehead atoms. The van der Waals surface area contributed by atoms with Crippen LogP contribution in [0, 0.1) is 11.8 Å². The number of rotatable bonds is 8. The first kappa shape index (κ1) is 20.2. The van der Waals surface area contributed by atoms with Crippen LogP contribution in [0.1, 0.15) is 51.9 Å². The van der Waals surface area contributed by atoms with E-state index < -0.39 is 0 Å². The zero-order valence-electron chi connectivity index (χ0n) is 16.8. The van der Waals surface area contributed by atoms with Gasteiger partial charge in [-0.05, 0) is 49.8 Å². The summed E-state index contributed by atoms with van der Waals surface area (Å²) in [6.07, 6.45) is 9.81. The van der Waals surface area contributed by atoms with E-state index in [1.807, 2.05) is 30.3 Å². The van der Waals surface area contributed by atoms with Gasteiger partial charge in [-0.2, -0.15) is 0 Å². The summed E-state index contributed by atoms with van der Waals surface area (Å²) in [5, 5.41) is 3.00. The monoisotopic (exact) mass is 382 g/mol. The van der Waals surface area contributed by atoms with Crippen molar-refractivity contribution in [2.24, 2.45) is 11.8 Å². The highest BCUT2D eigenvalue weighted by Crippen LogP contribution is 2.33. The number of unbranched alkanes of at least 4 members (excludes halogenated alkanes) is 1. The number of carbonyl (C=O) groups is 1. The van der Waals surface area contributed by atoms with Gasteiger partial charge in [0.2, 0.25) is 11.8 Å². The van der Waals surface area contributed by atoms with Crippen molar-refractivity contribution in [1.82, 2.24) is 4.98 Å². The maximum Gasteiger partial charge on any atom is 0.227 e. The fourth-order valence-corrected chi connectivity index (χ4v) is 3.78. The van der Waals surface area contributed by atoms with E-state index in [1.54, 1.807) is 19.4 Å². The molecule has 0 radical (unpaired) electrons. The number of hydrogen-bond acceptors (Lipinski definition) is 4. The van der Waals surface area contributed by atoms with E-state index in [-0.39, 0.29) is 11.8 Å². The van der Waals surface area contributed by atoms with Gasteiger partial charge in [0.25, 0.3) is 0 Å². The Bertz CT molecular complexity index is 753. The molecule has 1 aliphatic carbocycles. The van der Waals surface area contributed by atoms with Crippen LogP contribution in [0.5, 0.6) is 17.4 Å². The molecule has 0 aliphatic heterocycles. The first-order valence-corrected chi connectivity index (χ1v) is 10.3. The Kier molecular flexibility index (Phi) is 7.29. The second-order valence-corrected chi connectivity index (χ2v) is 7.49. The maximum absolute atomic E-state index is 12.6. The molecule has 3 rings (SSSR count). The number of para-hydroxylation sites is 2. The predicted octanol–water partition coefficient (Wildman–Crippen LogP) is 5.82. The normalized spacial score (nSPS) is 19.1. The third-order valence-electron chi connectivity index (χ3n) is 5.47. The van der Waals surface area contributed by atoms with Crippen LogP contribution in [0.25, 0.3) is 0 Å². The van der Waals surface area contributed by atoms with Gasteiger partial charge in [-0.15, -0.1) is 0 Å². The Morgan fingerprint density at radius 2 is 1.86 bits per heavy atom. The zero-order valence-corrected chi connectivity index (χ0v) is 16.8. The SMILES string of the molecule is CCCCC1CCC(C(=O)Nc2ccc(Oc3ccccc3OC)nc2)CC1. The van der Waals surface area contributed by atoms with Crippen LogP contribution in [-0.2, 0) is 4.79 Å². The van der Waals surface area contributed by atoms with Crippen LogP contribution in [0.3, 0.4) is 0 Å². The standard InChI is InChI=1S/C23H30N2O3/c1-3-4-7-17-10-12-18(13-11-17)23(26)25-19-14-15-22(24-16-19)28-21-9-6-5-8-20(21)27-2/h5-6,8-9,14-18H,3-4,7,10-13H2,1-2H3,(H,25,26). The van der Waals surface area contributed by atoms with Gasteiger partial charge < -0.3 is 14.8 Å². The second kappa shape index (κ2) is 10.1. The third kappa shape index (κ3) is 5.47. The lowest BCUT2D eigenvalue weighted by Gasteiger charge is -2.27. The average Bonchev–Trinajstić information content (AvgIpc) is 2.74. The highest BCUT2D eigenvalue weighted by atomic mass is 16.5. The van der Waals surface area contributed by atoms with Crippen molar-refractivity contribution in [1.29, 1.82) is 0 Å². The van der Waals surface area contributed by atoms with Gasteiger partial charge in [-0.25, -0.2) is 4.98 Å². The Morgan fingerprint density at radius 1 is 1.11 bits per heavy atom. The Labute approximate surface area is 167 Å². The molecule has 1 amide bonds.